The summed E-state index contributed by atoms with van der Waals surface area (Å²) in [4.78, 5) is 15.9. The lowest BCUT2D eigenvalue weighted by molar-refractivity contribution is -0.134. The predicted octanol–water partition coefficient (Wildman–Crippen LogP) is 2.37. The molecule has 0 spiro atoms. The van der Waals surface area contributed by atoms with Gasteiger partial charge in [0.25, 0.3) is 0 Å². The van der Waals surface area contributed by atoms with Crippen LogP contribution in [0.1, 0.15) is 41.6 Å². The fraction of sp³-hybridized carbons (Fsp3) is 0.524. The van der Waals surface area contributed by atoms with Crippen molar-refractivity contribution in [2.45, 2.75) is 51.1 Å². The molecule has 0 unspecified atom stereocenters. The van der Waals surface area contributed by atoms with E-state index in [1.54, 1.807) is 0 Å². The summed E-state index contributed by atoms with van der Waals surface area (Å²) in [6, 6.07) is 8.53. The van der Waals surface area contributed by atoms with Gasteiger partial charge in [0.1, 0.15) is 5.54 Å². The van der Waals surface area contributed by atoms with Crippen molar-refractivity contribution < 1.29 is 4.79 Å². The molecule has 2 heterocycles. The third kappa shape index (κ3) is 2.94. The Morgan fingerprint density at radius 2 is 1.81 bits per heavy atom. The normalized spacial score (nSPS) is 19.3. The third-order valence-electron chi connectivity index (χ3n) is 6.24. The highest BCUT2D eigenvalue weighted by Crippen LogP contribution is 2.36. The van der Waals surface area contributed by atoms with E-state index in [9.17, 15) is 4.79 Å². The van der Waals surface area contributed by atoms with E-state index >= 15 is 0 Å². The molecular weight excluding hydrogens is 324 g/mol. The van der Waals surface area contributed by atoms with Crippen LogP contribution in [0.25, 0.3) is 0 Å². The highest BCUT2D eigenvalue weighted by molar-refractivity contribution is 5.88. The van der Waals surface area contributed by atoms with Crippen LogP contribution < -0.4 is 5.32 Å². The van der Waals surface area contributed by atoms with Gasteiger partial charge < -0.3 is 5.32 Å². The average Bonchev–Trinajstić information content (AvgIpc) is 3.22. The molecule has 0 bridgehead atoms. The first-order valence-electron chi connectivity index (χ1n) is 9.68. The summed E-state index contributed by atoms with van der Waals surface area (Å²) in [6.07, 6.45) is 7.14. The number of rotatable bonds is 4. The summed E-state index contributed by atoms with van der Waals surface area (Å²) in [5.74, 6) is 0.166. The second-order valence-electron chi connectivity index (χ2n) is 7.76. The van der Waals surface area contributed by atoms with Crippen molar-refractivity contribution in [2.75, 3.05) is 13.1 Å². The van der Waals surface area contributed by atoms with Crippen LogP contribution in [0.5, 0.6) is 0 Å². The molecule has 0 saturated carbocycles. The van der Waals surface area contributed by atoms with Crippen molar-refractivity contribution in [3.8, 4) is 0 Å². The number of aryl methyl sites for hydroxylation is 1. The average molecular weight is 352 g/mol. The zero-order valence-corrected chi connectivity index (χ0v) is 15.8. The minimum Gasteiger partial charge on any atom is -0.350 e. The van der Waals surface area contributed by atoms with E-state index in [1.165, 1.54) is 30.4 Å². The predicted molar refractivity (Wildman–Crippen MR) is 102 cm³/mol. The Kier molecular flexibility index (Phi) is 4.57. The number of hydrogen-bond donors (Lipinski definition) is 1. The fourth-order valence-electron chi connectivity index (χ4n) is 4.50. The van der Waals surface area contributed by atoms with E-state index in [1.807, 2.05) is 24.9 Å². The molecule has 0 atom stereocenters. The number of likely N-dealkylation sites (tertiary alicyclic amines) is 1. The van der Waals surface area contributed by atoms with Crippen LogP contribution in [0, 0.1) is 6.92 Å². The molecule has 1 aromatic heterocycles. The third-order valence-corrected chi connectivity index (χ3v) is 6.24. The number of hydrogen-bond acceptors (Lipinski definition) is 3. The van der Waals surface area contributed by atoms with Crippen LogP contribution in [-0.4, -0.2) is 39.2 Å². The van der Waals surface area contributed by atoms with Gasteiger partial charge in [0.2, 0.25) is 5.91 Å². The van der Waals surface area contributed by atoms with Gasteiger partial charge in [-0.15, -0.1) is 0 Å². The number of carbonyl (C=O) groups is 1. The first kappa shape index (κ1) is 17.3. The van der Waals surface area contributed by atoms with E-state index in [-0.39, 0.29) is 5.91 Å². The van der Waals surface area contributed by atoms with Crippen LogP contribution in [0.2, 0.25) is 0 Å². The Balaban J connectivity index is 1.57. The standard InChI is InChI=1S/C21H28N4O/c1-16-19(15-23-24(16)2)14-22-20(26)21(25-10-6-3-7-11-25)12-17-8-4-5-9-18(17)13-21/h4-5,8-9,15H,3,6-7,10-14H2,1-2H3,(H,22,26). The maximum absolute atomic E-state index is 13.4. The van der Waals surface area contributed by atoms with E-state index in [0.29, 0.717) is 6.54 Å². The van der Waals surface area contributed by atoms with E-state index in [2.05, 4.69) is 39.6 Å². The van der Waals surface area contributed by atoms with Crippen molar-refractivity contribution in [3.05, 3.63) is 52.8 Å². The van der Waals surface area contributed by atoms with Gasteiger partial charge in [0.15, 0.2) is 0 Å². The zero-order chi connectivity index (χ0) is 18.1. The molecule has 1 saturated heterocycles. The molecule has 1 aliphatic heterocycles. The lowest BCUT2D eigenvalue weighted by Gasteiger charge is -2.42. The molecule has 1 fully saturated rings. The first-order valence-corrected chi connectivity index (χ1v) is 9.68. The maximum atomic E-state index is 13.4. The molecule has 1 N–H and O–H groups in total. The van der Waals surface area contributed by atoms with Gasteiger partial charge in [-0.05, 0) is 44.0 Å². The molecule has 26 heavy (non-hydrogen) atoms. The molecule has 2 aromatic rings. The molecular formula is C21H28N4O. The van der Waals surface area contributed by atoms with E-state index < -0.39 is 5.54 Å². The molecule has 2 aliphatic rings. The lowest BCUT2D eigenvalue weighted by Crippen LogP contribution is -2.60. The summed E-state index contributed by atoms with van der Waals surface area (Å²) in [6.45, 7) is 4.63. The Labute approximate surface area is 155 Å². The van der Waals surface area contributed by atoms with Crippen LogP contribution in [0.15, 0.2) is 30.5 Å². The van der Waals surface area contributed by atoms with Gasteiger partial charge in [0, 0.05) is 37.7 Å². The Morgan fingerprint density at radius 3 is 2.38 bits per heavy atom. The van der Waals surface area contributed by atoms with Crippen LogP contribution in [-0.2, 0) is 31.2 Å². The zero-order valence-electron chi connectivity index (χ0n) is 15.8. The molecule has 5 heteroatoms. The number of fused-ring (bicyclic) bond motifs is 1. The quantitative estimate of drug-likeness (QED) is 0.919. The Hall–Kier alpha value is -2.14. The van der Waals surface area contributed by atoms with Gasteiger partial charge in [-0.1, -0.05) is 30.7 Å². The van der Waals surface area contributed by atoms with Crippen molar-refractivity contribution in [1.82, 2.24) is 20.0 Å². The summed E-state index contributed by atoms with van der Waals surface area (Å²) < 4.78 is 1.85. The van der Waals surface area contributed by atoms with Crippen LogP contribution >= 0.6 is 0 Å². The molecule has 0 radical (unpaired) electrons. The summed E-state index contributed by atoms with van der Waals surface area (Å²) >= 11 is 0. The summed E-state index contributed by atoms with van der Waals surface area (Å²) in [7, 11) is 1.93. The second kappa shape index (κ2) is 6.88. The number of aromatic nitrogens is 2. The van der Waals surface area contributed by atoms with Crippen molar-refractivity contribution in [2.24, 2.45) is 7.05 Å². The lowest BCUT2D eigenvalue weighted by atomic mass is 9.89. The van der Waals surface area contributed by atoms with Crippen molar-refractivity contribution in [1.29, 1.82) is 0 Å². The molecule has 1 aromatic carbocycles. The number of nitrogens with zero attached hydrogens (tertiary/aromatic N) is 3. The molecule has 4 rings (SSSR count). The topological polar surface area (TPSA) is 50.2 Å². The largest absolute Gasteiger partial charge is 0.350 e. The summed E-state index contributed by atoms with van der Waals surface area (Å²) in [5.41, 5.74) is 4.41. The number of benzene rings is 1. The number of amides is 1. The second-order valence-corrected chi connectivity index (χ2v) is 7.76. The van der Waals surface area contributed by atoms with Gasteiger partial charge in [0.05, 0.1) is 6.20 Å². The molecule has 138 valence electrons. The Morgan fingerprint density at radius 1 is 1.15 bits per heavy atom. The highest BCUT2D eigenvalue weighted by atomic mass is 16.2. The van der Waals surface area contributed by atoms with Gasteiger partial charge in [-0.2, -0.15) is 5.10 Å². The molecule has 5 nitrogen and oxygen atoms in total. The molecule has 1 aliphatic carbocycles. The van der Waals surface area contributed by atoms with Crippen LogP contribution in [0.3, 0.4) is 0 Å². The SMILES string of the molecule is Cc1c(CNC(=O)C2(N3CCCCC3)Cc3ccccc3C2)cnn1C. The van der Waals surface area contributed by atoms with Gasteiger partial charge in [-0.25, -0.2) is 0 Å². The number of piperidine rings is 1. The van der Waals surface area contributed by atoms with E-state index in [0.717, 1.165) is 37.2 Å². The number of carbonyl (C=O) groups excluding carboxylic acids is 1. The summed E-state index contributed by atoms with van der Waals surface area (Å²) in [5, 5.41) is 7.52. The van der Waals surface area contributed by atoms with Crippen molar-refractivity contribution >= 4 is 5.91 Å². The minimum absolute atomic E-state index is 0.166. The fourth-order valence-corrected chi connectivity index (χ4v) is 4.50. The number of nitrogens with one attached hydrogen (secondary N) is 1. The van der Waals surface area contributed by atoms with Crippen molar-refractivity contribution in [3.63, 3.8) is 0 Å². The molecule has 1 amide bonds. The highest BCUT2D eigenvalue weighted by Gasteiger charge is 2.48. The monoisotopic (exact) mass is 352 g/mol. The smallest absolute Gasteiger partial charge is 0.241 e. The maximum Gasteiger partial charge on any atom is 0.241 e. The van der Waals surface area contributed by atoms with E-state index in [4.69, 9.17) is 0 Å². The van der Waals surface area contributed by atoms with Gasteiger partial charge >= 0.3 is 0 Å². The minimum atomic E-state index is -0.430. The Bertz CT molecular complexity index is 779. The first-order chi connectivity index (χ1) is 12.6. The van der Waals surface area contributed by atoms with Crippen LogP contribution in [0.4, 0.5) is 0 Å². The van der Waals surface area contributed by atoms with Gasteiger partial charge in [-0.3, -0.25) is 14.4 Å².